The van der Waals surface area contributed by atoms with Gasteiger partial charge in [0.1, 0.15) is 11.8 Å². The highest BCUT2D eigenvalue weighted by molar-refractivity contribution is 7.99. The van der Waals surface area contributed by atoms with Crippen LogP contribution >= 0.6 is 11.8 Å². The van der Waals surface area contributed by atoms with Crippen molar-refractivity contribution in [2.24, 2.45) is 0 Å². The largest absolute Gasteiger partial charge is 0.497 e. The Labute approximate surface area is 196 Å². The monoisotopic (exact) mass is 469 g/mol. The van der Waals surface area contributed by atoms with Gasteiger partial charge in [-0.05, 0) is 55.8 Å². The third-order valence-corrected chi connectivity index (χ3v) is 5.81. The fourth-order valence-electron chi connectivity index (χ4n) is 3.19. The molecule has 0 fully saturated rings. The molecule has 0 spiro atoms. The first-order valence-corrected chi connectivity index (χ1v) is 11.4. The molecule has 0 radical (unpaired) electrons. The topological polar surface area (TPSA) is 118 Å². The fourth-order valence-corrected chi connectivity index (χ4v) is 4.00. The molecular formula is C23H27N5O4S. The zero-order valence-corrected chi connectivity index (χ0v) is 19.6. The van der Waals surface area contributed by atoms with E-state index in [1.807, 2.05) is 38.1 Å². The standard InChI is InChI=1S/C23H27N5O4S/c1-4-28-21(19(13-29)25-22(31)16-8-10-18(32-3)11-9-16)26-27-23(28)33-14-20(30)24-17-7-5-6-15(2)12-17/h5-12,19,29H,4,13-14H2,1-3H3,(H,24,30)(H,25,31)/t19-/m1/s1. The van der Waals surface area contributed by atoms with Crippen LogP contribution in [0.25, 0.3) is 0 Å². The Kier molecular flexibility index (Phi) is 8.45. The van der Waals surface area contributed by atoms with Gasteiger partial charge in [0.15, 0.2) is 11.0 Å². The summed E-state index contributed by atoms with van der Waals surface area (Å²) in [5.41, 5.74) is 2.22. The van der Waals surface area contributed by atoms with Crippen LogP contribution in [0, 0.1) is 6.92 Å². The van der Waals surface area contributed by atoms with Crippen molar-refractivity contribution in [3.8, 4) is 5.75 Å². The second kappa shape index (κ2) is 11.5. The molecule has 2 amide bonds. The summed E-state index contributed by atoms with van der Waals surface area (Å²) in [4.78, 5) is 25.0. The number of benzene rings is 2. The summed E-state index contributed by atoms with van der Waals surface area (Å²) < 4.78 is 6.89. The molecule has 1 atom stereocenters. The van der Waals surface area contributed by atoms with Crippen molar-refractivity contribution in [1.82, 2.24) is 20.1 Å². The number of rotatable bonds is 10. The highest BCUT2D eigenvalue weighted by atomic mass is 32.2. The number of hydrogen-bond donors (Lipinski definition) is 3. The lowest BCUT2D eigenvalue weighted by Crippen LogP contribution is -2.32. The summed E-state index contributed by atoms with van der Waals surface area (Å²) in [6.07, 6.45) is 0. The summed E-state index contributed by atoms with van der Waals surface area (Å²) >= 11 is 1.24. The van der Waals surface area contributed by atoms with E-state index in [4.69, 9.17) is 4.74 Å². The van der Waals surface area contributed by atoms with Crippen molar-refractivity contribution in [3.63, 3.8) is 0 Å². The van der Waals surface area contributed by atoms with Gasteiger partial charge < -0.3 is 25.0 Å². The van der Waals surface area contributed by atoms with Crippen molar-refractivity contribution in [2.45, 2.75) is 31.6 Å². The number of amides is 2. The van der Waals surface area contributed by atoms with Crippen LogP contribution < -0.4 is 15.4 Å². The predicted octanol–water partition coefficient (Wildman–Crippen LogP) is 2.81. The summed E-state index contributed by atoms with van der Waals surface area (Å²) in [6.45, 7) is 4.03. The maximum Gasteiger partial charge on any atom is 0.251 e. The van der Waals surface area contributed by atoms with E-state index in [1.165, 1.54) is 11.8 Å². The average Bonchev–Trinajstić information content (AvgIpc) is 3.23. The van der Waals surface area contributed by atoms with Crippen LogP contribution in [0.5, 0.6) is 5.75 Å². The van der Waals surface area contributed by atoms with E-state index in [1.54, 1.807) is 35.9 Å². The quantitative estimate of drug-likeness (QED) is 0.391. The SMILES string of the molecule is CCn1c(SCC(=O)Nc2cccc(C)c2)nnc1[C@@H](CO)NC(=O)c1ccc(OC)cc1. The van der Waals surface area contributed by atoms with Gasteiger partial charge >= 0.3 is 0 Å². The molecule has 3 N–H and O–H groups in total. The van der Waals surface area contributed by atoms with E-state index in [9.17, 15) is 14.7 Å². The summed E-state index contributed by atoms with van der Waals surface area (Å²) in [7, 11) is 1.55. The molecule has 9 nitrogen and oxygen atoms in total. The van der Waals surface area contributed by atoms with E-state index >= 15 is 0 Å². The van der Waals surface area contributed by atoms with Crippen LogP contribution in [-0.4, -0.2) is 51.2 Å². The number of hydrogen-bond acceptors (Lipinski definition) is 7. The molecule has 0 saturated carbocycles. The molecule has 0 aliphatic heterocycles. The normalized spacial score (nSPS) is 11.6. The fraction of sp³-hybridized carbons (Fsp3) is 0.304. The molecule has 174 valence electrons. The number of methoxy groups -OCH3 is 1. The van der Waals surface area contributed by atoms with Crippen molar-refractivity contribution in [1.29, 1.82) is 0 Å². The van der Waals surface area contributed by atoms with E-state index in [0.717, 1.165) is 11.3 Å². The van der Waals surface area contributed by atoms with Crippen LogP contribution in [0.2, 0.25) is 0 Å². The maximum absolute atomic E-state index is 12.6. The zero-order valence-electron chi connectivity index (χ0n) is 18.7. The van der Waals surface area contributed by atoms with Crippen LogP contribution in [0.1, 0.15) is 34.7 Å². The Morgan fingerprint density at radius 2 is 1.94 bits per heavy atom. The minimum Gasteiger partial charge on any atom is -0.497 e. The summed E-state index contributed by atoms with van der Waals surface area (Å²) in [5.74, 6) is 0.694. The lowest BCUT2D eigenvalue weighted by Gasteiger charge is -2.17. The number of thioether (sulfide) groups is 1. The van der Waals surface area contributed by atoms with Crippen molar-refractivity contribution in [2.75, 3.05) is 24.8 Å². The number of carbonyl (C=O) groups is 2. The van der Waals surface area contributed by atoms with Gasteiger partial charge in [-0.1, -0.05) is 23.9 Å². The number of aromatic nitrogens is 3. The molecule has 1 aromatic heterocycles. The number of aryl methyl sites for hydroxylation is 1. The van der Waals surface area contributed by atoms with E-state index < -0.39 is 6.04 Å². The lowest BCUT2D eigenvalue weighted by molar-refractivity contribution is -0.113. The molecule has 33 heavy (non-hydrogen) atoms. The second-order valence-electron chi connectivity index (χ2n) is 7.23. The Bertz CT molecular complexity index is 1100. The second-order valence-corrected chi connectivity index (χ2v) is 8.17. The number of anilines is 1. The van der Waals surface area contributed by atoms with Gasteiger partial charge in [-0.25, -0.2) is 0 Å². The highest BCUT2D eigenvalue weighted by Gasteiger charge is 2.23. The smallest absolute Gasteiger partial charge is 0.251 e. The molecule has 10 heteroatoms. The molecule has 1 heterocycles. The number of ether oxygens (including phenoxy) is 1. The van der Waals surface area contributed by atoms with E-state index in [0.29, 0.717) is 28.8 Å². The van der Waals surface area contributed by atoms with Gasteiger partial charge in [0.25, 0.3) is 5.91 Å². The van der Waals surface area contributed by atoms with Gasteiger partial charge in [-0.2, -0.15) is 0 Å². The van der Waals surface area contributed by atoms with Gasteiger partial charge in [-0.15, -0.1) is 10.2 Å². The third kappa shape index (κ3) is 6.33. The molecule has 0 saturated heterocycles. The van der Waals surface area contributed by atoms with Crippen LogP contribution in [0.3, 0.4) is 0 Å². The maximum atomic E-state index is 12.6. The van der Waals surface area contributed by atoms with Gasteiger partial charge in [0, 0.05) is 17.8 Å². The first-order valence-electron chi connectivity index (χ1n) is 10.4. The molecule has 0 unspecified atom stereocenters. The Morgan fingerprint density at radius 1 is 1.18 bits per heavy atom. The third-order valence-electron chi connectivity index (χ3n) is 4.85. The molecule has 0 aliphatic rings. The van der Waals surface area contributed by atoms with Gasteiger partial charge in [-0.3, -0.25) is 9.59 Å². The average molecular weight is 470 g/mol. The number of carbonyl (C=O) groups excluding carboxylic acids is 2. The first kappa shape index (κ1) is 24.3. The number of aliphatic hydroxyl groups is 1. The molecule has 3 aromatic rings. The van der Waals surface area contributed by atoms with Crippen molar-refractivity contribution in [3.05, 3.63) is 65.5 Å². The number of aliphatic hydroxyl groups excluding tert-OH is 1. The summed E-state index contributed by atoms with van der Waals surface area (Å²) in [6, 6.07) is 13.5. The lowest BCUT2D eigenvalue weighted by atomic mass is 10.2. The first-order chi connectivity index (χ1) is 15.9. The van der Waals surface area contributed by atoms with Crippen LogP contribution in [-0.2, 0) is 11.3 Å². The van der Waals surface area contributed by atoms with Gasteiger partial charge in [0.05, 0.1) is 19.5 Å². The molecule has 2 aromatic carbocycles. The molecule has 0 aliphatic carbocycles. The van der Waals surface area contributed by atoms with Crippen molar-refractivity contribution >= 4 is 29.3 Å². The number of nitrogens with one attached hydrogen (secondary N) is 2. The highest BCUT2D eigenvalue weighted by Crippen LogP contribution is 2.22. The molecular weight excluding hydrogens is 442 g/mol. The zero-order chi connectivity index (χ0) is 23.8. The van der Waals surface area contributed by atoms with E-state index in [2.05, 4.69) is 20.8 Å². The predicted molar refractivity (Wildman–Crippen MR) is 127 cm³/mol. The van der Waals surface area contributed by atoms with Crippen LogP contribution in [0.15, 0.2) is 53.7 Å². The Balaban J connectivity index is 1.65. The number of nitrogens with zero attached hydrogens (tertiary/aromatic N) is 3. The van der Waals surface area contributed by atoms with E-state index in [-0.39, 0.29) is 24.2 Å². The molecule has 3 rings (SSSR count). The minimum absolute atomic E-state index is 0.147. The minimum atomic E-state index is -0.748. The van der Waals surface area contributed by atoms with Gasteiger partial charge in [0.2, 0.25) is 5.91 Å². The Hall–Kier alpha value is -3.37. The summed E-state index contributed by atoms with van der Waals surface area (Å²) in [5, 5.41) is 24.4. The van der Waals surface area contributed by atoms with Crippen LogP contribution in [0.4, 0.5) is 5.69 Å². The Morgan fingerprint density at radius 3 is 2.58 bits per heavy atom. The van der Waals surface area contributed by atoms with Crippen molar-refractivity contribution < 1.29 is 19.4 Å². The molecule has 0 bridgehead atoms.